The molecule has 3 heteroatoms. The number of rotatable bonds is 3. The van der Waals surface area contributed by atoms with Crippen LogP contribution in [0.25, 0.3) is 0 Å². The summed E-state index contributed by atoms with van der Waals surface area (Å²) in [5.41, 5.74) is 5.00. The molecule has 0 atom stereocenters. The number of hydrogen-bond acceptors (Lipinski definition) is 3. The summed E-state index contributed by atoms with van der Waals surface area (Å²) < 4.78 is 0. The maximum atomic E-state index is 10.3. The second-order valence-corrected chi connectivity index (χ2v) is 2.04. The van der Waals surface area contributed by atoms with E-state index in [9.17, 15) is 4.79 Å². The van der Waals surface area contributed by atoms with E-state index < -0.39 is 0 Å². The van der Waals surface area contributed by atoms with Crippen molar-refractivity contribution in [3.8, 4) is 0 Å². The largest absolute Gasteiger partial charge is 0.324 e. The van der Waals surface area contributed by atoms with Crippen LogP contribution in [0.3, 0.4) is 0 Å². The molecule has 0 aromatic heterocycles. The Bertz CT molecular complexity index is 64.7. The van der Waals surface area contributed by atoms with Crippen LogP contribution >= 0.6 is 11.8 Å². The monoisotopic (exact) mass is 119 g/mol. The van der Waals surface area contributed by atoms with E-state index in [4.69, 9.17) is 5.73 Å². The molecule has 0 radical (unpaired) electrons. The van der Waals surface area contributed by atoms with Gasteiger partial charge in [0.1, 0.15) is 0 Å². The molecule has 0 bridgehead atoms. The van der Waals surface area contributed by atoms with E-state index in [1.165, 1.54) is 11.8 Å². The molecule has 0 heterocycles. The van der Waals surface area contributed by atoms with Crippen molar-refractivity contribution in [2.45, 2.75) is 0 Å². The minimum absolute atomic E-state index is 0.118. The average Bonchev–Trinajstić information content (AvgIpc) is 1.68. The van der Waals surface area contributed by atoms with Crippen molar-refractivity contribution in [2.24, 2.45) is 5.73 Å². The number of ketones is 1. The van der Waals surface area contributed by atoms with Crippen molar-refractivity contribution in [3.63, 3.8) is 0 Å². The molecule has 0 rings (SSSR count). The molecule has 0 unspecified atom stereocenters. The highest BCUT2D eigenvalue weighted by Crippen LogP contribution is 1.88. The molecule has 0 aromatic carbocycles. The highest BCUT2D eigenvalue weighted by Gasteiger charge is 1.92. The number of nitrogens with two attached hydrogens (primary N) is 1. The summed E-state index contributed by atoms with van der Waals surface area (Å²) in [6, 6.07) is 0. The Morgan fingerprint density at radius 3 is 2.57 bits per heavy atom. The Hall–Kier alpha value is -0.0200. The summed E-state index contributed by atoms with van der Waals surface area (Å²) >= 11 is 1.50. The highest BCUT2D eigenvalue weighted by atomic mass is 32.2. The van der Waals surface area contributed by atoms with Crippen LogP contribution in [0.2, 0.25) is 0 Å². The molecule has 0 aromatic rings. The number of carbonyl (C=O) groups is 1. The van der Waals surface area contributed by atoms with Crippen molar-refractivity contribution in [2.75, 3.05) is 18.6 Å². The quantitative estimate of drug-likeness (QED) is 0.563. The van der Waals surface area contributed by atoms with E-state index in [-0.39, 0.29) is 12.3 Å². The predicted octanol–water partition coefficient (Wildman–Crippen LogP) is -0.123. The van der Waals surface area contributed by atoms with Crippen molar-refractivity contribution in [1.82, 2.24) is 0 Å². The summed E-state index contributed by atoms with van der Waals surface area (Å²) in [6.07, 6.45) is 1.88. The third kappa shape index (κ3) is 3.82. The molecule has 7 heavy (non-hydrogen) atoms. The molecular weight excluding hydrogens is 110 g/mol. The molecule has 0 spiro atoms. The topological polar surface area (TPSA) is 43.1 Å². The zero-order chi connectivity index (χ0) is 5.70. The van der Waals surface area contributed by atoms with Gasteiger partial charge in [-0.1, -0.05) is 0 Å². The fraction of sp³-hybridized carbons (Fsp3) is 0.750. The lowest BCUT2D eigenvalue weighted by Crippen LogP contribution is -2.14. The molecule has 2 nitrogen and oxygen atoms in total. The minimum Gasteiger partial charge on any atom is -0.324 e. The first-order chi connectivity index (χ1) is 3.31. The van der Waals surface area contributed by atoms with Gasteiger partial charge in [-0.15, -0.1) is 0 Å². The lowest BCUT2D eigenvalue weighted by atomic mass is 10.5. The molecule has 0 amide bonds. The molecule has 0 aliphatic carbocycles. The Kier molecular flexibility index (Phi) is 4.14. The van der Waals surface area contributed by atoms with Gasteiger partial charge in [0.05, 0.1) is 12.3 Å². The van der Waals surface area contributed by atoms with Crippen LogP contribution in [0.5, 0.6) is 0 Å². The normalized spacial score (nSPS) is 8.86. The van der Waals surface area contributed by atoms with Crippen molar-refractivity contribution in [1.29, 1.82) is 0 Å². The minimum atomic E-state index is 0.118. The van der Waals surface area contributed by atoms with Gasteiger partial charge in [-0.2, -0.15) is 11.8 Å². The Morgan fingerprint density at radius 2 is 2.43 bits per heavy atom. The molecule has 0 saturated carbocycles. The number of hydrogen-bond donors (Lipinski definition) is 1. The molecule has 0 aliphatic heterocycles. The van der Waals surface area contributed by atoms with E-state index in [0.29, 0.717) is 5.75 Å². The van der Waals surface area contributed by atoms with Crippen LogP contribution in [0.1, 0.15) is 0 Å². The maximum Gasteiger partial charge on any atom is 0.156 e. The van der Waals surface area contributed by atoms with Gasteiger partial charge >= 0.3 is 0 Å². The second kappa shape index (κ2) is 4.15. The van der Waals surface area contributed by atoms with Crippen molar-refractivity contribution >= 4 is 17.5 Å². The van der Waals surface area contributed by atoms with Crippen molar-refractivity contribution in [3.05, 3.63) is 0 Å². The van der Waals surface area contributed by atoms with Gasteiger partial charge in [-0.25, -0.2) is 0 Å². The summed E-state index contributed by atoms with van der Waals surface area (Å²) in [7, 11) is 0. The van der Waals surface area contributed by atoms with Crippen LogP contribution in [-0.2, 0) is 4.79 Å². The lowest BCUT2D eigenvalue weighted by Gasteiger charge is -1.87. The van der Waals surface area contributed by atoms with E-state index in [2.05, 4.69) is 0 Å². The van der Waals surface area contributed by atoms with Gasteiger partial charge in [0.2, 0.25) is 0 Å². The van der Waals surface area contributed by atoms with Crippen LogP contribution in [0, 0.1) is 0 Å². The van der Waals surface area contributed by atoms with Gasteiger partial charge in [0, 0.05) is 0 Å². The summed E-state index contributed by atoms with van der Waals surface area (Å²) in [4.78, 5) is 10.3. The molecular formula is C4H9NOS. The van der Waals surface area contributed by atoms with Crippen LogP contribution in [0.4, 0.5) is 0 Å². The van der Waals surface area contributed by atoms with Gasteiger partial charge < -0.3 is 5.73 Å². The molecule has 0 saturated heterocycles. The fourth-order valence-electron chi connectivity index (χ4n) is 0.220. The number of carbonyl (C=O) groups excluding carboxylic acids is 1. The zero-order valence-corrected chi connectivity index (χ0v) is 5.12. The fourth-order valence-corrected chi connectivity index (χ4v) is 0.660. The van der Waals surface area contributed by atoms with Gasteiger partial charge in [-0.3, -0.25) is 4.79 Å². The summed E-state index contributed by atoms with van der Waals surface area (Å²) in [5, 5.41) is 0. The third-order valence-electron chi connectivity index (χ3n) is 0.533. The molecule has 42 valence electrons. The summed E-state index contributed by atoms with van der Waals surface area (Å²) in [5.74, 6) is 0.670. The summed E-state index contributed by atoms with van der Waals surface area (Å²) in [6.45, 7) is 0.181. The van der Waals surface area contributed by atoms with Crippen LogP contribution in [-0.4, -0.2) is 24.3 Å². The Morgan fingerprint density at radius 1 is 1.86 bits per heavy atom. The SMILES string of the molecule is CSCC(=O)CN. The molecule has 0 aliphatic rings. The zero-order valence-electron chi connectivity index (χ0n) is 4.31. The van der Waals surface area contributed by atoms with Crippen LogP contribution < -0.4 is 5.73 Å². The van der Waals surface area contributed by atoms with Gasteiger partial charge in [0.25, 0.3) is 0 Å². The van der Waals surface area contributed by atoms with Crippen LogP contribution in [0.15, 0.2) is 0 Å². The number of Topliss-reactive ketones (excluding diaryl/α,β-unsaturated/α-hetero) is 1. The first-order valence-corrected chi connectivity index (χ1v) is 3.41. The molecule has 0 fully saturated rings. The lowest BCUT2D eigenvalue weighted by molar-refractivity contribution is -0.115. The van der Waals surface area contributed by atoms with Gasteiger partial charge in [0.15, 0.2) is 5.78 Å². The first-order valence-electron chi connectivity index (χ1n) is 2.02. The van der Waals surface area contributed by atoms with E-state index in [1.54, 1.807) is 0 Å². The highest BCUT2D eigenvalue weighted by molar-refractivity contribution is 7.99. The Balaban J connectivity index is 3.00. The maximum absolute atomic E-state index is 10.3. The third-order valence-corrected chi connectivity index (χ3v) is 1.14. The molecule has 2 N–H and O–H groups in total. The number of thioether (sulfide) groups is 1. The Labute approximate surface area is 47.5 Å². The first kappa shape index (κ1) is 6.98. The van der Waals surface area contributed by atoms with E-state index >= 15 is 0 Å². The average molecular weight is 119 g/mol. The van der Waals surface area contributed by atoms with Crippen molar-refractivity contribution < 1.29 is 4.79 Å². The van der Waals surface area contributed by atoms with E-state index in [0.717, 1.165) is 0 Å². The standard InChI is InChI=1S/C4H9NOS/c1-7-3-4(6)2-5/h2-3,5H2,1H3. The second-order valence-electron chi connectivity index (χ2n) is 1.18. The van der Waals surface area contributed by atoms with Gasteiger partial charge in [-0.05, 0) is 6.26 Å². The predicted molar refractivity (Wildman–Crippen MR) is 32.4 cm³/mol. The smallest absolute Gasteiger partial charge is 0.156 e. The van der Waals surface area contributed by atoms with E-state index in [1.807, 2.05) is 6.26 Å².